The lowest BCUT2D eigenvalue weighted by molar-refractivity contribution is -0.138. The Labute approximate surface area is 127 Å². The van der Waals surface area contributed by atoms with Crippen molar-refractivity contribution in [3.63, 3.8) is 0 Å². The molecule has 0 unspecified atom stereocenters. The second-order valence-corrected chi connectivity index (χ2v) is 5.62. The van der Waals surface area contributed by atoms with E-state index in [-0.39, 0.29) is 24.2 Å². The van der Waals surface area contributed by atoms with E-state index >= 15 is 0 Å². The molecule has 20 heavy (non-hydrogen) atoms. The van der Waals surface area contributed by atoms with Gasteiger partial charge in [-0.25, -0.2) is 0 Å². The summed E-state index contributed by atoms with van der Waals surface area (Å²) in [6, 6.07) is 0. The van der Waals surface area contributed by atoms with Crippen LogP contribution in [0.1, 0.15) is 32.1 Å². The van der Waals surface area contributed by atoms with Gasteiger partial charge in [-0.05, 0) is 51.9 Å². The number of likely N-dealkylation sites (tertiary alicyclic amines) is 2. The van der Waals surface area contributed by atoms with Crippen LogP contribution >= 0.6 is 12.4 Å². The first kappa shape index (κ1) is 17.4. The normalized spacial score (nSPS) is 21.4. The molecule has 6 heteroatoms. The third-order valence-electron chi connectivity index (χ3n) is 4.30. The zero-order valence-electron chi connectivity index (χ0n) is 12.3. The molecule has 0 saturated carbocycles. The SMILES string of the molecule is CNCCC1CCN(CCN2C(=O)CCC2=O)CC1.Cl. The van der Waals surface area contributed by atoms with Gasteiger partial charge in [0, 0.05) is 25.9 Å². The van der Waals surface area contributed by atoms with Gasteiger partial charge in [0.15, 0.2) is 0 Å². The first-order valence-electron chi connectivity index (χ1n) is 7.41. The number of carbonyl (C=O) groups is 2. The molecule has 0 aliphatic carbocycles. The highest BCUT2D eigenvalue weighted by atomic mass is 35.5. The molecule has 0 aromatic heterocycles. The quantitative estimate of drug-likeness (QED) is 0.740. The van der Waals surface area contributed by atoms with Gasteiger partial charge in [0.2, 0.25) is 11.8 Å². The number of rotatable bonds is 6. The van der Waals surface area contributed by atoms with Crippen LogP contribution in [-0.2, 0) is 9.59 Å². The highest BCUT2D eigenvalue weighted by molar-refractivity contribution is 6.01. The molecule has 0 spiro atoms. The van der Waals surface area contributed by atoms with Crippen molar-refractivity contribution in [3.05, 3.63) is 0 Å². The van der Waals surface area contributed by atoms with Crippen molar-refractivity contribution >= 4 is 24.2 Å². The summed E-state index contributed by atoms with van der Waals surface area (Å²) >= 11 is 0. The number of imide groups is 1. The second kappa shape index (κ2) is 8.60. The van der Waals surface area contributed by atoms with E-state index in [0.717, 1.165) is 32.1 Å². The topological polar surface area (TPSA) is 52.6 Å². The number of halogens is 1. The van der Waals surface area contributed by atoms with E-state index in [1.807, 2.05) is 7.05 Å². The minimum Gasteiger partial charge on any atom is -0.320 e. The van der Waals surface area contributed by atoms with Crippen LogP contribution in [0.15, 0.2) is 0 Å². The molecular formula is C14H26ClN3O2. The molecule has 0 aromatic carbocycles. The lowest BCUT2D eigenvalue weighted by Gasteiger charge is -2.32. The molecule has 1 N–H and O–H groups in total. The Hall–Kier alpha value is -0.650. The molecule has 2 amide bonds. The monoisotopic (exact) mass is 303 g/mol. The molecule has 2 fully saturated rings. The van der Waals surface area contributed by atoms with Crippen molar-refractivity contribution in [2.45, 2.75) is 32.1 Å². The van der Waals surface area contributed by atoms with Crippen molar-refractivity contribution in [1.29, 1.82) is 0 Å². The summed E-state index contributed by atoms with van der Waals surface area (Å²) in [4.78, 5) is 26.8. The first-order valence-corrected chi connectivity index (χ1v) is 7.41. The maximum absolute atomic E-state index is 11.5. The number of nitrogens with one attached hydrogen (secondary N) is 1. The van der Waals surface area contributed by atoms with Gasteiger partial charge < -0.3 is 10.2 Å². The Kier molecular flexibility index (Phi) is 7.48. The van der Waals surface area contributed by atoms with E-state index in [4.69, 9.17) is 0 Å². The van der Waals surface area contributed by atoms with Gasteiger partial charge in [0.25, 0.3) is 0 Å². The molecule has 5 nitrogen and oxygen atoms in total. The number of nitrogens with zero attached hydrogens (tertiary/aromatic N) is 2. The Morgan fingerprint density at radius 1 is 1.10 bits per heavy atom. The fourth-order valence-corrected chi connectivity index (χ4v) is 2.96. The van der Waals surface area contributed by atoms with Gasteiger partial charge >= 0.3 is 0 Å². The van der Waals surface area contributed by atoms with Crippen molar-refractivity contribution in [1.82, 2.24) is 15.1 Å². The molecule has 2 rings (SSSR count). The molecule has 116 valence electrons. The molecule has 0 bridgehead atoms. The molecular weight excluding hydrogens is 278 g/mol. The van der Waals surface area contributed by atoms with E-state index in [1.165, 1.54) is 24.2 Å². The molecule has 0 aromatic rings. The standard InChI is InChI=1S/C14H25N3O2.ClH/c1-15-7-4-12-5-8-16(9-6-12)10-11-17-13(18)2-3-14(17)19;/h12,15H,2-11H2,1H3;1H. The summed E-state index contributed by atoms with van der Waals surface area (Å²) < 4.78 is 0. The van der Waals surface area contributed by atoms with Gasteiger partial charge in [0.1, 0.15) is 0 Å². The highest BCUT2D eigenvalue weighted by Crippen LogP contribution is 2.20. The van der Waals surface area contributed by atoms with Gasteiger partial charge in [0.05, 0.1) is 0 Å². The van der Waals surface area contributed by atoms with Crippen LogP contribution in [0, 0.1) is 5.92 Å². The fraction of sp³-hybridized carbons (Fsp3) is 0.857. The van der Waals surface area contributed by atoms with E-state index in [2.05, 4.69) is 10.2 Å². The Bertz CT molecular complexity index is 314. The van der Waals surface area contributed by atoms with Crippen LogP contribution in [-0.4, -0.2) is 61.4 Å². The lowest BCUT2D eigenvalue weighted by Crippen LogP contribution is -2.41. The molecule has 2 aliphatic heterocycles. The van der Waals surface area contributed by atoms with Crippen LogP contribution < -0.4 is 5.32 Å². The van der Waals surface area contributed by atoms with Gasteiger partial charge in [-0.2, -0.15) is 0 Å². The number of carbonyl (C=O) groups excluding carboxylic acids is 2. The van der Waals surface area contributed by atoms with Gasteiger partial charge in [-0.1, -0.05) is 0 Å². The summed E-state index contributed by atoms with van der Waals surface area (Å²) in [6.07, 6.45) is 4.55. The minimum atomic E-state index is 0. The van der Waals surface area contributed by atoms with Gasteiger partial charge in [-0.15, -0.1) is 12.4 Å². The molecule has 2 aliphatic rings. The second-order valence-electron chi connectivity index (χ2n) is 5.62. The first-order chi connectivity index (χ1) is 9.20. The summed E-state index contributed by atoms with van der Waals surface area (Å²) in [6.45, 7) is 4.73. The van der Waals surface area contributed by atoms with Crippen molar-refractivity contribution in [2.75, 3.05) is 39.8 Å². The van der Waals surface area contributed by atoms with E-state index in [0.29, 0.717) is 19.4 Å². The maximum atomic E-state index is 11.5. The number of hydrogen-bond acceptors (Lipinski definition) is 4. The van der Waals surface area contributed by atoms with Crippen LogP contribution in [0.2, 0.25) is 0 Å². The Morgan fingerprint density at radius 2 is 1.70 bits per heavy atom. The summed E-state index contributed by atoms with van der Waals surface area (Å²) in [5, 5.41) is 3.20. The largest absolute Gasteiger partial charge is 0.320 e. The van der Waals surface area contributed by atoms with Gasteiger partial charge in [-0.3, -0.25) is 14.5 Å². The Balaban J connectivity index is 0.00000200. The summed E-state index contributed by atoms with van der Waals surface area (Å²) in [7, 11) is 2.00. The van der Waals surface area contributed by atoms with Crippen molar-refractivity contribution in [2.24, 2.45) is 5.92 Å². The minimum absolute atomic E-state index is 0. The third kappa shape index (κ3) is 4.72. The number of piperidine rings is 1. The predicted octanol–water partition coefficient (Wildman–Crippen LogP) is 0.879. The Morgan fingerprint density at radius 3 is 2.25 bits per heavy atom. The maximum Gasteiger partial charge on any atom is 0.229 e. The number of hydrogen-bond donors (Lipinski definition) is 1. The summed E-state index contributed by atoms with van der Waals surface area (Å²) in [5.74, 6) is 0.849. The molecule has 2 heterocycles. The van der Waals surface area contributed by atoms with Crippen molar-refractivity contribution in [3.8, 4) is 0 Å². The fourth-order valence-electron chi connectivity index (χ4n) is 2.96. The summed E-state index contributed by atoms with van der Waals surface area (Å²) in [5.41, 5.74) is 0. The average Bonchev–Trinajstić information content (AvgIpc) is 2.75. The number of amides is 2. The van der Waals surface area contributed by atoms with E-state index in [1.54, 1.807) is 0 Å². The van der Waals surface area contributed by atoms with Crippen LogP contribution in [0.3, 0.4) is 0 Å². The zero-order valence-corrected chi connectivity index (χ0v) is 13.1. The van der Waals surface area contributed by atoms with Crippen LogP contribution in [0.5, 0.6) is 0 Å². The molecule has 0 atom stereocenters. The smallest absolute Gasteiger partial charge is 0.229 e. The molecule has 0 radical (unpaired) electrons. The highest BCUT2D eigenvalue weighted by Gasteiger charge is 2.29. The van der Waals surface area contributed by atoms with Crippen molar-refractivity contribution < 1.29 is 9.59 Å². The molecule has 2 saturated heterocycles. The van der Waals surface area contributed by atoms with Crippen LogP contribution in [0.4, 0.5) is 0 Å². The van der Waals surface area contributed by atoms with Crippen LogP contribution in [0.25, 0.3) is 0 Å². The lowest BCUT2D eigenvalue weighted by atomic mass is 9.93. The average molecular weight is 304 g/mol. The van der Waals surface area contributed by atoms with E-state index < -0.39 is 0 Å². The van der Waals surface area contributed by atoms with E-state index in [9.17, 15) is 9.59 Å². The third-order valence-corrected chi connectivity index (χ3v) is 4.30. The predicted molar refractivity (Wildman–Crippen MR) is 80.9 cm³/mol. The zero-order chi connectivity index (χ0) is 13.7.